The third kappa shape index (κ3) is 4.10. The second kappa shape index (κ2) is 7.73. The fourth-order valence-corrected chi connectivity index (χ4v) is 3.03. The minimum atomic E-state index is -0.936. The first-order valence-electron chi connectivity index (χ1n) is 8.35. The van der Waals surface area contributed by atoms with Crippen molar-refractivity contribution < 1.29 is 18.4 Å². The molecule has 1 heterocycles. The van der Waals surface area contributed by atoms with Crippen LogP contribution in [0.25, 0.3) is 0 Å². The Morgan fingerprint density at radius 3 is 2.42 bits per heavy atom. The van der Waals surface area contributed by atoms with Crippen LogP contribution in [0, 0.1) is 23.5 Å². The van der Waals surface area contributed by atoms with Gasteiger partial charge in [0.15, 0.2) is 0 Å². The lowest BCUT2D eigenvalue weighted by atomic mass is 9.97. The Kier molecular flexibility index (Phi) is 5.91. The van der Waals surface area contributed by atoms with E-state index in [0.717, 1.165) is 25.0 Å². The van der Waals surface area contributed by atoms with E-state index in [1.165, 1.54) is 6.07 Å². The highest BCUT2D eigenvalue weighted by Gasteiger charge is 2.32. The number of nitrogens with one attached hydrogen (secondary N) is 1. The molecule has 0 spiro atoms. The number of likely N-dealkylation sites (tertiary alicyclic amines) is 1. The molecule has 0 aliphatic carbocycles. The molecular weight excluding hydrogens is 314 g/mol. The number of benzene rings is 1. The fraction of sp³-hybridized carbons (Fsp3) is 0.556. The van der Waals surface area contributed by atoms with Crippen LogP contribution in [0.4, 0.5) is 8.78 Å². The van der Waals surface area contributed by atoms with Crippen LogP contribution in [-0.4, -0.2) is 35.8 Å². The summed E-state index contributed by atoms with van der Waals surface area (Å²) in [6.45, 7) is 6.97. The number of rotatable bonds is 4. The molecule has 1 aromatic carbocycles. The maximum atomic E-state index is 13.8. The predicted molar refractivity (Wildman–Crippen MR) is 87.4 cm³/mol. The number of nitrogens with zero attached hydrogens (tertiary/aromatic N) is 1. The molecule has 0 saturated carbocycles. The number of piperidine rings is 1. The second-order valence-corrected chi connectivity index (χ2v) is 6.82. The molecule has 2 rings (SSSR count). The van der Waals surface area contributed by atoms with Gasteiger partial charge in [-0.1, -0.05) is 26.8 Å². The van der Waals surface area contributed by atoms with E-state index in [9.17, 15) is 18.4 Å². The zero-order chi connectivity index (χ0) is 17.9. The minimum Gasteiger partial charge on any atom is -0.341 e. The summed E-state index contributed by atoms with van der Waals surface area (Å²) in [5, 5.41) is 2.52. The van der Waals surface area contributed by atoms with Crippen molar-refractivity contribution in [2.45, 2.75) is 39.7 Å². The Labute approximate surface area is 141 Å². The Balaban J connectivity index is 2.16. The van der Waals surface area contributed by atoms with Gasteiger partial charge in [-0.3, -0.25) is 9.59 Å². The van der Waals surface area contributed by atoms with E-state index < -0.39 is 29.1 Å². The van der Waals surface area contributed by atoms with Crippen LogP contribution in [0.1, 0.15) is 44.0 Å². The molecule has 2 atom stereocenters. The Bertz CT molecular complexity index is 599. The van der Waals surface area contributed by atoms with Crippen LogP contribution in [0.15, 0.2) is 18.2 Å². The Morgan fingerprint density at radius 1 is 1.25 bits per heavy atom. The van der Waals surface area contributed by atoms with E-state index in [1.54, 1.807) is 18.7 Å². The quantitative estimate of drug-likeness (QED) is 0.917. The molecule has 6 heteroatoms. The van der Waals surface area contributed by atoms with Crippen LogP contribution in [0.5, 0.6) is 0 Å². The van der Waals surface area contributed by atoms with Gasteiger partial charge in [-0.25, -0.2) is 8.78 Å². The highest BCUT2D eigenvalue weighted by Crippen LogP contribution is 2.19. The van der Waals surface area contributed by atoms with Gasteiger partial charge in [-0.15, -0.1) is 0 Å². The maximum absolute atomic E-state index is 13.8. The zero-order valence-corrected chi connectivity index (χ0v) is 14.3. The van der Waals surface area contributed by atoms with Crippen LogP contribution >= 0.6 is 0 Å². The molecule has 2 amide bonds. The standard InChI is InChI=1S/C18H24F2N2O2/c1-11(2)16(18(24)22-9-5-6-12(3)10-22)21-17(23)15-13(19)7-4-8-14(15)20/h4,7-8,11-12,16H,5-6,9-10H2,1-3H3,(H,21,23)/t12-,16+/m0/s1. The molecule has 24 heavy (non-hydrogen) atoms. The van der Waals surface area contributed by atoms with Gasteiger partial charge in [0, 0.05) is 13.1 Å². The molecule has 4 nitrogen and oxygen atoms in total. The van der Waals surface area contributed by atoms with Crippen molar-refractivity contribution in [2.24, 2.45) is 11.8 Å². The van der Waals surface area contributed by atoms with Gasteiger partial charge in [0.05, 0.1) is 0 Å². The predicted octanol–water partition coefficient (Wildman–Crippen LogP) is 2.98. The SMILES string of the molecule is CC(C)[C@@H](NC(=O)c1c(F)cccc1F)C(=O)N1CCC[C@H](C)C1. The third-order valence-electron chi connectivity index (χ3n) is 4.38. The van der Waals surface area contributed by atoms with Gasteiger partial charge < -0.3 is 10.2 Å². The number of amides is 2. The van der Waals surface area contributed by atoms with Crippen molar-refractivity contribution >= 4 is 11.8 Å². The highest BCUT2D eigenvalue weighted by atomic mass is 19.1. The molecule has 1 aromatic rings. The van der Waals surface area contributed by atoms with E-state index in [-0.39, 0.29) is 11.8 Å². The number of hydrogen-bond acceptors (Lipinski definition) is 2. The van der Waals surface area contributed by atoms with Gasteiger partial charge in [-0.2, -0.15) is 0 Å². The molecule has 0 aromatic heterocycles. The van der Waals surface area contributed by atoms with Crippen LogP contribution in [0.2, 0.25) is 0 Å². The monoisotopic (exact) mass is 338 g/mol. The highest BCUT2D eigenvalue weighted by molar-refractivity contribution is 5.98. The van der Waals surface area contributed by atoms with Crippen LogP contribution in [0.3, 0.4) is 0 Å². The van der Waals surface area contributed by atoms with E-state index in [1.807, 2.05) is 0 Å². The van der Waals surface area contributed by atoms with Crippen molar-refractivity contribution in [3.8, 4) is 0 Å². The van der Waals surface area contributed by atoms with Crippen molar-refractivity contribution in [3.05, 3.63) is 35.4 Å². The largest absolute Gasteiger partial charge is 0.341 e. The zero-order valence-electron chi connectivity index (χ0n) is 14.3. The smallest absolute Gasteiger partial charge is 0.257 e. The second-order valence-electron chi connectivity index (χ2n) is 6.82. The summed E-state index contributed by atoms with van der Waals surface area (Å²) in [7, 11) is 0. The average Bonchev–Trinajstić information content (AvgIpc) is 2.51. The third-order valence-corrected chi connectivity index (χ3v) is 4.38. The Morgan fingerprint density at radius 2 is 1.88 bits per heavy atom. The van der Waals surface area contributed by atoms with Crippen LogP contribution < -0.4 is 5.32 Å². The molecule has 1 saturated heterocycles. The topological polar surface area (TPSA) is 49.4 Å². The maximum Gasteiger partial charge on any atom is 0.257 e. The lowest BCUT2D eigenvalue weighted by Crippen LogP contribution is -2.53. The number of carbonyl (C=O) groups is 2. The summed E-state index contributed by atoms with van der Waals surface area (Å²) in [6.07, 6.45) is 2.00. The molecule has 132 valence electrons. The molecule has 1 N–H and O–H groups in total. The van der Waals surface area contributed by atoms with Gasteiger partial charge in [-0.05, 0) is 36.8 Å². The molecule has 1 aliphatic rings. The van der Waals surface area contributed by atoms with Gasteiger partial charge in [0.2, 0.25) is 5.91 Å². The number of hydrogen-bond donors (Lipinski definition) is 1. The van der Waals surface area contributed by atoms with E-state index in [0.29, 0.717) is 19.0 Å². The fourth-order valence-electron chi connectivity index (χ4n) is 3.03. The van der Waals surface area contributed by atoms with Gasteiger partial charge in [0.1, 0.15) is 23.2 Å². The summed E-state index contributed by atoms with van der Waals surface area (Å²) in [5.41, 5.74) is -0.650. The van der Waals surface area contributed by atoms with Crippen molar-refractivity contribution in [2.75, 3.05) is 13.1 Å². The van der Waals surface area contributed by atoms with Crippen molar-refractivity contribution in [1.29, 1.82) is 0 Å². The van der Waals surface area contributed by atoms with Crippen molar-refractivity contribution in [3.63, 3.8) is 0 Å². The molecule has 0 unspecified atom stereocenters. The minimum absolute atomic E-state index is 0.187. The summed E-state index contributed by atoms with van der Waals surface area (Å²) in [4.78, 5) is 26.8. The van der Waals surface area contributed by atoms with Crippen LogP contribution in [-0.2, 0) is 4.79 Å². The molecular formula is C18H24F2N2O2. The molecule has 1 fully saturated rings. The number of halogens is 2. The number of carbonyl (C=O) groups excluding carboxylic acids is 2. The first-order valence-corrected chi connectivity index (χ1v) is 8.35. The first kappa shape index (κ1) is 18.4. The average molecular weight is 338 g/mol. The lowest BCUT2D eigenvalue weighted by Gasteiger charge is -2.35. The van der Waals surface area contributed by atoms with Crippen molar-refractivity contribution in [1.82, 2.24) is 10.2 Å². The summed E-state index contributed by atoms with van der Waals surface area (Å²) in [5.74, 6) is -2.74. The molecule has 0 bridgehead atoms. The normalized spacial score (nSPS) is 19.2. The van der Waals surface area contributed by atoms with E-state index in [2.05, 4.69) is 12.2 Å². The first-order chi connectivity index (χ1) is 11.3. The summed E-state index contributed by atoms with van der Waals surface area (Å²) >= 11 is 0. The lowest BCUT2D eigenvalue weighted by molar-refractivity contribution is -0.136. The Hall–Kier alpha value is -1.98. The van der Waals surface area contributed by atoms with Gasteiger partial charge >= 0.3 is 0 Å². The molecule has 1 aliphatic heterocycles. The van der Waals surface area contributed by atoms with E-state index >= 15 is 0 Å². The summed E-state index contributed by atoms with van der Waals surface area (Å²) < 4.78 is 27.5. The van der Waals surface area contributed by atoms with E-state index in [4.69, 9.17) is 0 Å². The molecule has 0 radical (unpaired) electrons. The van der Waals surface area contributed by atoms with Gasteiger partial charge in [0.25, 0.3) is 5.91 Å². The summed E-state index contributed by atoms with van der Waals surface area (Å²) in [6, 6.07) is 2.44.